The monoisotopic (exact) mass is 278 g/mol. The van der Waals surface area contributed by atoms with Gasteiger partial charge in [-0.3, -0.25) is 0 Å². The molecule has 0 amide bonds. The van der Waals surface area contributed by atoms with Gasteiger partial charge >= 0.3 is 9.33 Å². The number of aliphatic hydroxyl groups is 4. The first-order chi connectivity index (χ1) is 7.22. The number of ether oxygens (including phenoxy) is 1. The van der Waals surface area contributed by atoms with Crippen LogP contribution in [0.1, 0.15) is 0 Å². The van der Waals surface area contributed by atoms with Gasteiger partial charge in [0, 0.05) is 10.7 Å². The van der Waals surface area contributed by atoms with E-state index >= 15 is 0 Å². The van der Waals surface area contributed by atoms with Crippen LogP contribution in [0.25, 0.3) is 0 Å². The van der Waals surface area contributed by atoms with Crippen LogP contribution in [0.15, 0.2) is 0 Å². The van der Waals surface area contributed by atoms with E-state index in [-0.39, 0.29) is 0 Å². The molecule has 0 saturated carbocycles. The fourth-order valence-electron chi connectivity index (χ4n) is 1.29. The van der Waals surface area contributed by atoms with Crippen molar-refractivity contribution >= 4 is 20.0 Å². The number of rotatable bonds is 3. The van der Waals surface area contributed by atoms with Gasteiger partial charge < -0.3 is 25.2 Å². The predicted molar refractivity (Wildman–Crippen MR) is 49.6 cm³/mol. The Morgan fingerprint density at radius 3 is 2.44 bits per heavy atom. The Labute approximate surface area is 95.6 Å². The van der Waals surface area contributed by atoms with Crippen LogP contribution in [-0.4, -0.2) is 66.2 Å². The summed E-state index contributed by atoms with van der Waals surface area (Å²) in [5.74, 6) is -2.40. The molecule has 0 spiro atoms. The molecule has 1 saturated heterocycles. The minimum Gasteiger partial charge on any atom is -0.391 e. The Kier molecular flexibility index (Phi) is 4.13. The van der Waals surface area contributed by atoms with E-state index in [1.54, 1.807) is 0 Å². The van der Waals surface area contributed by atoms with Crippen LogP contribution in [0.4, 0.5) is 0 Å². The molecule has 0 aromatic carbocycles. The number of hydrogen-bond donors (Lipinski definition) is 4. The zero-order valence-corrected chi connectivity index (χ0v) is 9.43. The van der Waals surface area contributed by atoms with Crippen molar-refractivity contribution in [3.05, 3.63) is 0 Å². The van der Waals surface area contributed by atoms with Gasteiger partial charge in [-0.05, 0) is 0 Å². The molecule has 1 aliphatic heterocycles. The van der Waals surface area contributed by atoms with Crippen LogP contribution < -0.4 is 0 Å². The molecule has 0 aromatic rings. The molecule has 96 valence electrons. The van der Waals surface area contributed by atoms with E-state index in [0.717, 1.165) is 0 Å². The molecule has 0 aliphatic carbocycles. The summed E-state index contributed by atoms with van der Waals surface area (Å²) >= 11 is 0. The molecule has 0 aromatic heterocycles. The predicted octanol–water partition coefficient (Wildman–Crippen LogP) is -2.71. The first kappa shape index (κ1) is 14.1. The maximum atomic E-state index is 10.7. The van der Waals surface area contributed by atoms with Crippen LogP contribution in [0.3, 0.4) is 0 Å². The lowest BCUT2D eigenvalue weighted by molar-refractivity contribution is -0.316. The average molecular weight is 279 g/mol. The number of aliphatic hydroxyl groups excluding tert-OH is 4. The second-order valence-electron chi connectivity index (χ2n) is 3.26. The van der Waals surface area contributed by atoms with E-state index in [4.69, 9.17) is 20.9 Å². The second kappa shape index (κ2) is 4.70. The van der Waals surface area contributed by atoms with Crippen molar-refractivity contribution in [1.82, 2.24) is 0 Å². The zero-order chi connectivity index (χ0) is 12.6. The highest BCUT2D eigenvalue weighted by Gasteiger charge is 2.53. The fraction of sp³-hybridized carbons (Fsp3) is 1.00. The normalized spacial score (nSPS) is 40.9. The summed E-state index contributed by atoms with van der Waals surface area (Å²) in [4.78, 5) is 0. The molecule has 4 N–H and O–H groups in total. The maximum Gasteiger partial charge on any atom is 0.358 e. The quantitative estimate of drug-likeness (QED) is 0.409. The highest BCUT2D eigenvalue weighted by atomic mass is 35.7. The minimum atomic E-state index is -4.53. The lowest BCUT2D eigenvalue weighted by Crippen LogP contribution is -2.64. The molecule has 10 heteroatoms. The molecule has 1 aliphatic rings. The molecular weight excluding hydrogens is 268 g/mol. The third kappa shape index (κ3) is 2.81. The molecule has 1 fully saturated rings. The lowest BCUT2D eigenvalue weighted by Gasteiger charge is -2.42. The summed E-state index contributed by atoms with van der Waals surface area (Å²) in [6, 6.07) is 0. The Hall–Kier alpha value is -0.0000000000000000971. The van der Waals surface area contributed by atoms with Crippen molar-refractivity contribution in [1.29, 1.82) is 0 Å². The third-order valence-corrected chi connectivity index (χ3v) is 2.80. The van der Waals surface area contributed by atoms with Gasteiger partial charge in [0.25, 0.3) is 0 Å². The SMILES string of the molecule is O=S(=O)(Cl)O[C@]1(CO)OC[C@@H](O)[C@@H](O)[C@@H]1O. The van der Waals surface area contributed by atoms with Gasteiger partial charge in [-0.1, -0.05) is 0 Å². The fourth-order valence-corrected chi connectivity index (χ4v) is 2.14. The van der Waals surface area contributed by atoms with Crippen molar-refractivity contribution < 1.29 is 37.8 Å². The largest absolute Gasteiger partial charge is 0.391 e. The first-order valence-electron chi connectivity index (χ1n) is 4.16. The molecule has 8 nitrogen and oxygen atoms in total. The van der Waals surface area contributed by atoms with Gasteiger partial charge in [-0.15, -0.1) is 0 Å². The van der Waals surface area contributed by atoms with Crippen molar-refractivity contribution in [2.45, 2.75) is 24.1 Å². The van der Waals surface area contributed by atoms with Gasteiger partial charge in [-0.2, -0.15) is 8.42 Å². The van der Waals surface area contributed by atoms with Crippen LogP contribution in [0.2, 0.25) is 0 Å². The van der Waals surface area contributed by atoms with Gasteiger partial charge in [0.2, 0.25) is 5.79 Å². The first-order valence-corrected chi connectivity index (χ1v) is 6.39. The Bertz CT molecular complexity index is 344. The van der Waals surface area contributed by atoms with Crippen LogP contribution in [0, 0.1) is 0 Å². The molecule has 1 rings (SSSR count). The summed E-state index contributed by atoms with van der Waals surface area (Å²) in [5, 5.41) is 36.9. The Morgan fingerprint density at radius 1 is 1.44 bits per heavy atom. The molecule has 4 atom stereocenters. The standard InChI is InChI=1S/C6H11ClO8S/c7-16(12,13)15-6(2-8)5(11)4(10)3(9)1-14-6/h3-5,8-11H,1-2H2/t3-,4-,5+,6+/m1/s1. The Morgan fingerprint density at radius 2 is 2.00 bits per heavy atom. The summed E-state index contributed by atoms with van der Waals surface area (Å²) in [6.07, 6.45) is -5.11. The van der Waals surface area contributed by atoms with E-state index in [1.807, 2.05) is 0 Å². The lowest BCUT2D eigenvalue weighted by atomic mass is 9.98. The van der Waals surface area contributed by atoms with Crippen molar-refractivity contribution in [3.8, 4) is 0 Å². The molecule has 0 bridgehead atoms. The molecular formula is C6H11ClO8S. The van der Waals surface area contributed by atoms with Crippen LogP contribution >= 0.6 is 10.7 Å². The van der Waals surface area contributed by atoms with E-state index in [0.29, 0.717) is 0 Å². The summed E-state index contributed by atoms with van der Waals surface area (Å²) in [5.41, 5.74) is 0. The minimum absolute atomic E-state index is 0.523. The van der Waals surface area contributed by atoms with E-state index in [2.05, 4.69) is 8.92 Å². The summed E-state index contributed by atoms with van der Waals surface area (Å²) in [7, 11) is 0.254. The van der Waals surface area contributed by atoms with Gasteiger partial charge in [0.05, 0.1) is 6.61 Å². The van der Waals surface area contributed by atoms with E-state index < -0.39 is 46.6 Å². The Balaban J connectivity index is 2.96. The number of halogens is 1. The highest BCUT2D eigenvalue weighted by molar-refractivity contribution is 8.10. The smallest absolute Gasteiger partial charge is 0.358 e. The summed E-state index contributed by atoms with van der Waals surface area (Å²) in [6.45, 7) is -1.59. The highest BCUT2D eigenvalue weighted by Crippen LogP contribution is 2.29. The molecule has 16 heavy (non-hydrogen) atoms. The van der Waals surface area contributed by atoms with Crippen molar-refractivity contribution in [3.63, 3.8) is 0 Å². The number of hydrogen-bond acceptors (Lipinski definition) is 8. The average Bonchev–Trinajstić information content (AvgIpc) is 2.18. The van der Waals surface area contributed by atoms with E-state index in [9.17, 15) is 18.6 Å². The van der Waals surface area contributed by atoms with Gasteiger partial charge in [-0.25, -0.2) is 4.18 Å². The summed E-state index contributed by atoms with van der Waals surface area (Å²) < 4.78 is 30.3. The van der Waals surface area contributed by atoms with Crippen molar-refractivity contribution in [2.75, 3.05) is 13.2 Å². The molecule has 0 radical (unpaired) electrons. The zero-order valence-electron chi connectivity index (χ0n) is 7.85. The molecule has 1 heterocycles. The van der Waals surface area contributed by atoms with Crippen molar-refractivity contribution in [2.24, 2.45) is 0 Å². The van der Waals surface area contributed by atoms with E-state index in [1.165, 1.54) is 0 Å². The topological polar surface area (TPSA) is 134 Å². The van der Waals surface area contributed by atoms with Gasteiger partial charge in [0.1, 0.15) is 24.9 Å². The van der Waals surface area contributed by atoms with Crippen LogP contribution in [-0.2, 0) is 18.3 Å². The maximum absolute atomic E-state index is 10.7. The third-order valence-electron chi connectivity index (χ3n) is 2.13. The van der Waals surface area contributed by atoms with Crippen LogP contribution in [0.5, 0.6) is 0 Å². The molecule has 0 unspecified atom stereocenters. The van der Waals surface area contributed by atoms with Gasteiger partial charge in [0.15, 0.2) is 0 Å². The second-order valence-corrected chi connectivity index (χ2v) is 5.35.